The van der Waals surface area contributed by atoms with Gasteiger partial charge in [0.15, 0.2) is 0 Å². The summed E-state index contributed by atoms with van der Waals surface area (Å²) in [5.41, 5.74) is 0.922. The molecule has 0 atom stereocenters. The van der Waals surface area contributed by atoms with Gasteiger partial charge >= 0.3 is 6.09 Å². The van der Waals surface area contributed by atoms with Crippen LogP contribution in [0, 0.1) is 0 Å². The molecule has 110 valence electrons. The van der Waals surface area contributed by atoms with Crippen LogP contribution in [-0.4, -0.2) is 53.8 Å². The van der Waals surface area contributed by atoms with Crippen LogP contribution in [0.4, 0.5) is 4.79 Å². The van der Waals surface area contributed by atoms with E-state index in [1.807, 2.05) is 30.3 Å². The summed E-state index contributed by atoms with van der Waals surface area (Å²) < 4.78 is 5.26. The highest BCUT2D eigenvalue weighted by atomic mass is 16.6. The molecule has 2 heterocycles. The normalized spacial score (nSPS) is 18.1. The molecular formula is C15H17N3O3. The van der Waals surface area contributed by atoms with Gasteiger partial charge in [-0.25, -0.2) is 4.79 Å². The van der Waals surface area contributed by atoms with Crippen LogP contribution in [-0.2, 0) is 16.1 Å². The molecule has 0 spiro atoms. The Morgan fingerprint density at radius 1 is 1.24 bits per heavy atom. The van der Waals surface area contributed by atoms with Crippen molar-refractivity contribution in [2.45, 2.75) is 13.0 Å². The van der Waals surface area contributed by atoms with Gasteiger partial charge in [-0.3, -0.25) is 19.6 Å². The van der Waals surface area contributed by atoms with E-state index in [9.17, 15) is 9.59 Å². The van der Waals surface area contributed by atoms with Crippen LogP contribution in [0.25, 0.3) is 0 Å². The molecule has 6 nitrogen and oxygen atoms in total. The van der Waals surface area contributed by atoms with Crippen molar-refractivity contribution in [1.82, 2.24) is 9.80 Å². The maximum Gasteiger partial charge on any atom is 0.410 e. The van der Waals surface area contributed by atoms with Gasteiger partial charge in [0.25, 0.3) is 0 Å². The van der Waals surface area contributed by atoms with Crippen LogP contribution in [0.2, 0.25) is 0 Å². The molecule has 3 rings (SSSR count). The van der Waals surface area contributed by atoms with Crippen LogP contribution in [0.1, 0.15) is 12.0 Å². The van der Waals surface area contributed by atoms with Crippen LogP contribution < -0.4 is 0 Å². The molecule has 0 radical (unpaired) electrons. The number of hydrogen-bond donors (Lipinski definition) is 0. The third-order valence-electron chi connectivity index (χ3n) is 3.57. The van der Waals surface area contributed by atoms with Crippen molar-refractivity contribution in [3.63, 3.8) is 0 Å². The molecule has 1 fully saturated rings. The largest absolute Gasteiger partial charge is 0.445 e. The van der Waals surface area contributed by atoms with Gasteiger partial charge in [-0.2, -0.15) is 0 Å². The molecule has 2 aliphatic heterocycles. The average molecular weight is 287 g/mol. The van der Waals surface area contributed by atoms with Gasteiger partial charge in [-0.15, -0.1) is 0 Å². The zero-order chi connectivity index (χ0) is 14.7. The molecule has 2 amide bonds. The Hall–Kier alpha value is -2.37. The van der Waals surface area contributed by atoms with Crippen molar-refractivity contribution in [3.05, 3.63) is 35.9 Å². The fraction of sp³-hybridized carbons (Fsp3) is 0.400. The molecule has 1 saturated heterocycles. The Kier molecular flexibility index (Phi) is 3.85. The Morgan fingerprint density at radius 2 is 2.05 bits per heavy atom. The Balaban J connectivity index is 1.60. The Bertz CT molecular complexity index is 571. The van der Waals surface area contributed by atoms with Gasteiger partial charge in [0.1, 0.15) is 19.0 Å². The maximum atomic E-state index is 12.1. The van der Waals surface area contributed by atoms with E-state index in [4.69, 9.17) is 4.74 Å². The number of amidine groups is 1. The van der Waals surface area contributed by atoms with Crippen LogP contribution in [0.3, 0.4) is 0 Å². The maximum absolute atomic E-state index is 12.1. The van der Waals surface area contributed by atoms with E-state index in [-0.39, 0.29) is 19.1 Å². The summed E-state index contributed by atoms with van der Waals surface area (Å²) in [5.74, 6) is 0.588. The first-order chi connectivity index (χ1) is 10.2. The SMILES string of the molecule is O=C(OCc1ccccc1)N1CC(=O)N2CCCN=C2C1. The highest BCUT2D eigenvalue weighted by Gasteiger charge is 2.33. The minimum absolute atomic E-state index is 0.0621. The quantitative estimate of drug-likeness (QED) is 0.823. The van der Waals surface area contributed by atoms with Crippen molar-refractivity contribution in [2.75, 3.05) is 26.2 Å². The molecule has 1 aromatic carbocycles. The van der Waals surface area contributed by atoms with Gasteiger partial charge in [0.05, 0.1) is 6.54 Å². The summed E-state index contributed by atoms with van der Waals surface area (Å²) >= 11 is 0. The van der Waals surface area contributed by atoms with Crippen molar-refractivity contribution in [3.8, 4) is 0 Å². The lowest BCUT2D eigenvalue weighted by Gasteiger charge is -2.36. The van der Waals surface area contributed by atoms with Gasteiger partial charge in [0, 0.05) is 13.1 Å². The lowest BCUT2D eigenvalue weighted by atomic mass is 10.2. The number of amides is 2. The zero-order valence-corrected chi connectivity index (χ0v) is 11.7. The first-order valence-corrected chi connectivity index (χ1v) is 7.03. The molecule has 0 aromatic heterocycles. The summed E-state index contributed by atoms with van der Waals surface area (Å²) in [6.45, 7) is 2.03. The Morgan fingerprint density at radius 3 is 2.86 bits per heavy atom. The number of nitrogens with zero attached hydrogens (tertiary/aromatic N) is 3. The van der Waals surface area contributed by atoms with E-state index in [2.05, 4.69) is 4.99 Å². The van der Waals surface area contributed by atoms with E-state index in [0.717, 1.165) is 12.0 Å². The molecule has 0 aliphatic carbocycles. The number of piperazine rings is 1. The lowest BCUT2D eigenvalue weighted by Crippen LogP contribution is -2.57. The molecule has 21 heavy (non-hydrogen) atoms. The molecule has 0 N–H and O–H groups in total. The highest BCUT2D eigenvalue weighted by molar-refractivity contribution is 6.04. The number of rotatable bonds is 2. The van der Waals surface area contributed by atoms with Gasteiger partial charge in [0.2, 0.25) is 5.91 Å². The third kappa shape index (κ3) is 3.04. The number of benzene rings is 1. The first-order valence-electron chi connectivity index (χ1n) is 7.03. The third-order valence-corrected chi connectivity index (χ3v) is 3.57. The molecule has 1 aromatic rings. The lowest BCUT2D eigenvalue weighted by molar-refractivity contribution is -0.129. The molecule has 6 heteroatoms. The minimum Gasteiger partial charge on any atom is -0.445 e. The smallest absolute Gasteiger partial charge is 0.410 e. The molecule has 0 saturated carbocycles. The summed E-state index contributed by atoms with van der Waals surface area (Å²) in [4.78, 5) is 31.5. The van der Waals surface area contributed by atoms with Crippen LogP contribution in [0.5, 0.6) is 0 Å². The first kappa shape index (κ1) is 13.6. The van der Waals surface area contributed by atoms with Gasteiger partial charge in [-0.1, -0.05) is 30.3 Å². The highest BCUT2D eigenvalue weighted by Crippen LogP contribution is 2.13. The number of carbonyl (C=O) groups is 2. The number of fused-ring (bicyclic) bond motifs is 1. The summed E-state index contributed by atoms with van der Waals surface area (Å²) in [6, 6.07) is 9.47. The predicted molar refractivity (Wildman–Crippen MR) is 76.8 cm³/mol. The van der Waals surface area contributed by atoms with Crippen molar-refractivity contribution in [2.24, 2.45) is 4.99 Å². The fourth-order valence-corrected chi connectivity index (χ4v) is 2.47. The van der Waals surface area contributed by atoms with E-state index < -0.39 is 6.09 Å². The van der Waals surface area contributed by atoms with Crippen molar-refractivity contribution >= 4 is 17.8 Å². The summed E-state index contributed by atoms with van der Waals surface area (Å²) in [5, 5.41) is 0. The van der Waals surface area contributed by atoms with Crippen LogP contribution in [0.15, 0.2) is 35.3 Å². The van der Waals surface area contributed by atoms with E-state index in [1.54, 1.807) is 4.90 Å². The molecule has 0 bridgehead atoms. The molecular weight excluding hydrogens is 270 g/mol. The molecule has 0 unspecified atom stereocenters. The second kappa shape index (κ2) is 5.95. The minimum atomic E-state index is -0.472. The van der Waals surface area contributed by atoms with E-state index in [0.29, 0.717) is 25.5 Å². The summed E-state index contributed by atoms with van der Waals surface area (Å²) in [6.07, 6.45) is 0.411. The van der Waals surface area contributed by atoms with Gasteiger partial charge in [-0.05, 0) is 12.0 Å². The molecule has 2 aliphatic rings. The predicted octanol–water partition coefficient (Wildman–Crippen LogP) is 1.27. The second-order valence-corrected chi connectivity index (χ2v) is 5.09. The van der Waals surface area contributed by atoms with E-state index >= 15 is 0 Å². The fourth-order valence-electron chi connectivity index (χ4n) is 2.47. The summed E-state index contributed by atoms with van der Waals surface area (Å²) in [7, 11) is 0. The average Bonchev–Trinajstić information content (AvgIpc) is 2.53. The monoisotopic (exact) mass is 287 g/mol. The number of ether oxygens (including phenoxy) is 1. The Labute approximate surface area is 123 Å². The standard InChI is InChI=1S/C15H17N3O3/c19-14-10-17(9-13-16-7-4-8-18(13)14)15(20)21-11-12-5-2-1-3-6-12/h1-3,5-6H,4,7-11H2. The number of carbonyl (C=O) groups excluding carboxylic acids is 2. The number of aliphatic imine (C=N–C) groups is 1. The van der Waals surface area contributed by atoms with Gasteiger partial charge < -0.3 is 4.74 Å². The van der Waals surface area contributed by atoms with Crippen molar-refractivity contribution < 1.29 is 14.3 Å². The topological polar surface area (TPSA) is 62.2 Å². The number of hydrogen-bond acceptors (Lipinski definition) is 4. The van der Waals surface area contributed by atoms with Crippen molar-refractivity contribution in [1.29, 1.82) is 0 Å². The van der Waals surface area contributed by atoms with Crippen LogP contribution >= 0.6 is 0 Å². The van der Waals surface area contributed by atoms with E-state index in [1.165, 1.54) is 4.90 Å². The second-order valence-electron chi connectivity index (χ2n) is 5.09. The zero-order valence-electron chi connectivity index (χ0n) is 11.7.